The van der Waals surface area contributed by atoms with Crippen LogP contribution in [0.3, 0.4) is 0 Å². The maximum absolute atomic E-state index is 13.9. The predicted molar refractivity (Wildman–Crippen MR) is 257 cm³/mol. The van der Waals surface area contributed by atoms with Crippen LogP contribution in [0.5, 0.6) is 11.5 Å². The first-order valence-electron chi connectivity index (χ1n) is 23.9. The fourth-order valence-corrected chi connectivity index (χ4v) is 9.25. The number of hydrogen-bond acceptors (Lipinski definition) is 11. The molecule has 16 nitrogen and oxygen atoms in total. The fourth-order valence-electron chi connectivity index (χ4n) is 9.25. The van der Waals surface area contributed by atoms with Crippen molar-refractivity contribution in [2.75, 3.05) is 26.2 Å². The summed E-state index contributed by atoms with van der Waals surface area (Å²) in [6.45, 7) is 20.5. The van der Waals surface area contributed by atoms with Gasteiger partial charge in [-0.1, -0.05) is 94.4 Å². The van der Waals surface area contributed by atoms with Crippen molar-refractivity contribution in [3.8, 4) is 11.5 Å². The van der Waals surface area contributed by atoms with Crippen molar-refractivity contribution < 1.29 is 47.7 Å². The molecular weight excluding hydrogens is 869 g/mol. The number of hydrogen-bond donors (Lipinski definition) is 2. The normalized spacial score (nSPS) is 23.0. The average molecular weight is 941 g/mol. The van der Waals surface area contributed by atoms with E-state index in [4.69, 9.17) is 29.4 Å². The van der Waals surface area contributed by atoms with Crippen LogP contribution >= 0.6 is 0 Å². The minimum absolute atomic E-state index is 0.0402. The molecule has 5 amide bonds. The first-order valence-corrected chi connectivity index (χ1v) is 23.9. The van der Waals surface area contributed by atoms with Gasteiger partial charge in [0.25, 0.3) is 0 Å². The van der Waals surface area contributed by atoms with Gasteiger partial charge in [0.1, 0.15) is 47.6 Å². The number of fused-ring (bicyclic) bond motifs is 2. The number of benzene rings is 3. The van der Waals surface area contributed by atoms with Crippen LogP contribution in [-0.4, -0.2) is 136 Å². The Morgan fingerprint density at radius 1 is 0.603 bits per heavy atom. The van der Waals surface area contributed by atoms with Gasteiger partial charge in [-0.15, -0.1) is 0 Å². The molecule has 7 rings (SSSR count). The molecule has 3 N–H and O–H groups in total. The summed E-state index contributed by atoms with van der Waals surface area (Å²) in [5.74, 6) is 0.933. The lowest BCUT2D eigenvalue weighted by molar-refractivity contribution is -0.137. The highest BCUT2D eigenvalue weighted by Crippen LogP contribution is 2.38. The first-order chi connectivity index (χ1) is 32.1. The van der Waals surface area contributed by atoms with E-state index in [-0.39, 0.29) is 66.6 Å². The van der Waals surface area contributed by atoms with Crippen molar-refractivity contribution in [3.63, 3.8) is 0 Å². The standard InChI is InChI=1S/C30H39N3O6.C22H33N3O4/c1-20(2)25(31-28(35)37-19-21-12-8-6-9-13-21)27(34)32-17-16-23-26(32)24(38-22-14-10-7-11-15-22)18-33(23)29(36)39-30(3,4)5;1-14(2)18(23)20(26)24-12-11-16-19(24)17(28-15-9-7-6-8-10-15)13-25(16)21(27)29-22(3,4)5/h6-15,20,23-26H,16-19H2,1-5H3,(H,31,35);6-10,14,16-19H,11-13,23H2,1-5H3/t23-,24+,25+,26+;16-,17+,18+,19+/m11/s1. The summed E-state index contributed by atoms with van der Waals surface area (Å²) in [5.41, 5.74) is 5.79. The van der Waals surface area contributed by atoms with Crippen LogP contribution in [0.25, 0.3) is 0 Å². The number of amides is 5. The highest BCUT2D eigenvalue weighted by molar-refractivity contribution is 5.87. The van der Waals surface area contributed by atoms with Crippen LogP contribution in [0, 0.1) is 11.8 Å². The number of nitrogens with zero attached hydrogens (tertiary/aromatic N) is 4. The Morgan fingerprint density at radius 3 is 1.41 bits per heavy atom. The third-order valence-electron chi connectivity index (χ3n) is 12.5. The summed E-state index contributed by atoms with van der Waals surface area (Å²) in [4.78, 5) is 72.5. The summed E-state index contributed by atoms with van der Waals surface area (Å²) < 4.78 is 29.3. The second-order valence-electron chi connectivity index (χ2n) is 20.7. The Kier molecular flexibility index (Phi) is 16.6. The fraction of sp³-hybridized carbons (Fsp3) is 0.558. The minimum atomic E-state index is -0.792. The molecule has 4 fully saturated rings. The van der Waals surface area contributed by atoms with Crippen molar-refractivity contribution in [2.45, 2.75) is 148 Å². The van der Waals surface area contributed by atoms with Gasteiger partial charge >= 0.3 is 18.3 Å². The number of nitrogens with two attached hydrogens (primary N) is 1. The van der Waals surface area contributed by atoms with Crippen LogP contribution in [0.1, 0.15) is 87.6 Å². The number of ether oxygens (including phenoxy) is 5. The van der Waals surface area contributed by atoms with E-state index < -0.39 is 41.6 Å². The molecule has 4 aliphatic heterocycles. The van der Waals surface area contributed by atoms with Gasteiger partial charge in [0.15, 0.2) is 0 Å². The Balaban J connectivity index is 0.000000234. The second-order valence-corrected chi connectivity index (χ2v) is 20.7. The Hall–Kier alpha value is -6.03. The Labute approximate surface area is 401 Å². The van der Waals surface area contributed by atoms with Gasteiger partial charge in [-0.25, -0.2) is 14.4 Å². The molecule has 4 heterocycles. The van der Waals surface area contributed by atoms with Gasteiger partial charge < -0.3 is 44.5 Å². The van der Waals surface area contributed by atoms with Gasteiger partial charge in [-0.2, -0.15) is 0 Å². The van der Waals surface area contributed by atoms with Gasteiger partial charge in [0.2, 0.25) is 11.8 Å². The highest BCUT2D eigenvalue weighted by Gasteiger charge is 2.56. The average Bonchev–Trinajstić information content (AvgIpc) is 4.07. The summed E-state index contributed by atoms with van der Waals surface area (Å²) in [6.07, 6.45) is -0.943. The molecule has 3 aromatic rings. The summed E-state index contributed by atoms with van der Waals surface area (Å²) in [7, 11) is 0. The smallest absolute Gasteiger partial charge is 0.410 e. The molecule has 4 saturated heterocycles. The quantitative estimate of drug-likeness (QED) is 0.185. The van der Waals surface area contributed by atoms with E-state index in [1.54, 1.807) is 14.7 Å². The second kappa shape index (κ2) is 21.9. The molecule has 3 aromatic carbocycles. The monoisotopic (exact) mass is 941 g/mol. The number of carbonyl (C=O) groups excluding carboxylic acids is 5. The van der Waals surface area contributed by atoms with E-state index in [0.29, 0.717) is 44.8 Å². The molecule has 0 aromatic heterocycles. The molecule has 370 valence electrons. The predicted octanol–water partition coefficient (Wildman–Crippen LogP) is 7.24. The third-order valence-corrected chi connectivity index (χ3v) is 12.5. The van der Waals surface area contributed by atoms with Gasteiger partial charge in [0.05, 0.1) is 43.3 Å². The van der Waals surface area contributed by atoms with E-state index in [1.807, 2.05) is 165 Å². The Morgan fingerprint density at radius 2 is 1.01 bits per heavy atom. The van der Waals surface area contributed by atoms with Crippen LogP contribution in [0.2, 0.25) is 0 Å². The van der Waals surface area contributed by atoms with Crippen molar-refractivity contribution in [2.24, 2.45) is 17.6 Å². The van der Waals surface area contributed by atoms with Gasteiger partial charge in [-0.05, 0) is 96.0 Å². The molecule has 0 bridgehead atoms. The molecule has 0 unspecified atom stereocenters. The number of para-hydroxylation sites is 2. The van der Waals surface area contributed by atoms with E-state index >= 15 is 0 Å². The molecule has 68 heavy (non-hydrogen) atoms. The van der Waals surface area contributed by atoms with E-state index in [1.165, 1.54) is 0 Å². The molecule has 0 spiro atoms. The molecular formula is C52H72N6O10. The molecule has 8 atom stereocenters. The van der Waals surface area contributed by atoms with Crippen molar-refractivity contribution >= 4 is 30.1 Å². The van der Waals surface area contributed by atoms with E-state index in [0.717, 1.165) is 11.3 Å². The first kappa shape index (κ1) is 51.4. The minimum Gasteiger partial charge on any atom is -0.486 e. The number of likely N-dealkylation sites (tertiary alicyclic amines) is 4. The van der Waals surface area contributed by atoms with Crippen LogP contribution in [0.4, 0.5) is 14.4 Å². The third kappa shape index (κ3) is 12.9. The summed E-state index contributed by atoms with van der Waals surface area (Å²) in [5, 5.41) is 2.77. The maximum Gasteiger partial charge on any atom is 0.410 e. The number of rotatable bonds is 11. The lowest BCUT2D eigenvalue weighted by atomic mass is 10.0. The number of alkyl carbamates (subject to hydrolysis) is 1. The van der Waals surface area contributed by atoms with Crippen LogP contribution < -0.4 is 20.5 Å². The lowest BCUT2D eigenvalue weighted by Crippen LogP contribution is -2.55. The Bertz CT molecular complexity index is 2170. The molecule has 0 aliphatic carbocycles. The van der Waals surface area contributed by atoms with Crippen LogP contribution in [0.15, 0.2) is 91.0 Å². The highest BCUT2D eigenvalue weighted by atomic mass is 16.6. The van der Waals surface area contributed by atoms with Crippen molar-refractivity contribution in [1.82, 2.24) is 24.9 Å². The zero-order valence-corrected chi connectivity index (χ0v) is 41.3. The molecule has 0 radical (unpaired) electrons. The maximum atomic E-state index is 13.9. The topological polar surface area (TPSA) is 183 Å². The van der Waals surface area contributed by atoms with Crippen molar-refractivity contribution in [1.29, 1.82) is 0 Å². The van der Waals surface area contributed by atoms with E-state index in [9.17, 15) is 24.0 Å². The number of carbonyl (C=O) groups is 5. The SMILES string of the molecule is CC(C)[C@H](N)C(=O)N1CC[C@@H]2[C@H]1[C@@H](Oc1ccccc1)CN2C(=O)OC(C)(C)C.CC(C)[C@H](NC(=O)OCc1ccccc1)C(=O)N1CC[C@@H]2[C@H]1[C@@H](Oc1ccccc1)CN2C(=O)OC(C)(C)C. The number of nitrogens with one attached hydrogen (secondary N) is 1. The van der Waals surface area contributed by atoms with Crippen molar-refractivity contribution in [3.05, 3.63) is 96.6 Å². The molecule has 0 saturated carbocycles. The van der Waals surface area contributed by atoms with Gasteiger partial charge in [-0.3, -0.25) is 19.4 Å². The summed E-state index contributed by atoms with van der Waals surface area (Å²) in [6, 6.07) is 25.9. The zero-order chi connectivity index (χ0) is 49.5. The molecule has 4 aliphatic rings. The molecule has 16 heteroatoms. The van der Waals surface area contributed by atoms with Crippen LogP contribution in [-0.2, 0) is 30.4 Å². The zero-order valence-electron chi connectivity index (χ0n) is 41.3. The summed E-state index contributed by atoms with van der Waals surface area (Å²) >= 11 is 0. The van der Waals surface area contributed by atoms with Gasteiger partial charge in [0, 0.05) is 13.1 Å². The van der Waals surface area contributed by atoms with E-state index in [2.05, 4.69) is 5.32 Å². The largest absolute Gasteiger partial charge is 0.486 e. The lowest BCUT2D eigenvalue weighted by Gasteiger charge is -2.33.